The number of carbonyl (C=O) groups is 1. The van der Waals surface area contributed by atoms with Gasteiger partial charge in [0, 0.05) is 42.4 Å². The summed E-state index contributed by atoms with van der Waals surface area (Å²) in [7, 11) is 0. The van der Waals surface area contributed by atoms with Crippen molar-refractivity contribution in [1.82, 2.24) is 4.90 Å². The number of ether oxygens (including phenoxy) is 1. The van der Waals surface area contributed by atoms with Crippen molar-refractivity contribution in [2.45, 2.75) is 64.4 Å². The van der Waals surface area contributed by atoms with Crippen LogP contribution in [0.1, 0.15) is 56.6 Å². The average molecular weight is 440 g/mol. The fourth-order valence-electron chi connectivity index (χ4n) is 5.15. The Bertz CT molecular complexity index is 1090. The van der Waals surface area contributed by atoms with E-state index in [-0.39, 0.29) is 18.2 Å². The van der Waals surface area contributed by atoms with E-state index in [2.05, 4.69) is 6.58 Å². The predicted octanol–water partition coefficient (Wildman–Crippen LogP) is 4.14. The van der Waals surface area contributed by atoms with E-state index in [4.69, 9.17) is 9.15 Å². The van der Waals surface area contributed by atoms with Crippen LogP contribution < -0.4 is 10.4 Å². The first-order valence-electron chi connectivity index (χ1n) is 11.6. The third kappa shape index (κ3) is 4.60. The quantitative estimate of drug-likeness (QED) is 0.540. The molecule has 0 bridgehead atoms. The Morgan fingerprint density at radius 2 is 2.16 bits per heavy atom. The van der Waals surface area contributed by atoms with Gasteiger partial charge in [0.15, 0.2) is 0 Å². The van der Waals surface area contributed by atoms with Crippen molar-refractivity contribution in [3.05, 3.63) is 51.9 Å². The highest BCUT2D eigenvalue weighted by molar-refractivity contribution is 5.83. The minimum absolute atomic E-state index is 0.0417. The van der Waals surface area contributed by atoms with Gasteiger partial charge in [0.2, 0.25) is 5.91 Å². The smallest absolute Gasteiger partial charge is 0.339 e. The van der Waals surface area contributed by atoms with Crippen molar-refractivity contribution in [3.63, 3.8) is 0 Å². The van der Waals surface area contributed by atoms with E-state index in [1.165, 1.54) is 0 Å². The van der Waals surface area contributed by atoms with Crippen LogP contribution >= 0.6 is 0 Å². The molecular formula is C26H33NO5. The van der Waals surface area contributed by atoms with E-state index in [9.17, 15) is 14.7 Å². The molecule has 1 aliphatic carbocycles. The Labute approximate surface area is 188 Å². The Kier molecular flexibility index (Phi) is 6.42. The molecule has 2 atom stereocenters. The number of amides is 1. The van der Waals surface area contributed by atoms with Crippen molar-refractivity contribution >= 4 is 16.9 Å². The van der Waals surface area contributed by atoms with Gasteiger partial charge in [-0.1, -0.05) is 19.4 Å². The fourth-order valence-corrected chi connectivity index (χ4v) is 5.15. The number of nitrogens with zero attached hydrogens (tertiary/aromatic N) is 1. The summed E-state index contributed by atoms with van der Waals surface area (Å²) in [6, 6.07) is 5.47. The van der Waals surface area contributed by atoms with Gasteiger partial charge in [-0.05, 0) is 62.8 Å². The summed E-state index contributed by atoms with van der Waals surface area (Å²) in [5.41, 5.74) is 1.78. The molecule has 1 N–H and O–H groups in total. The van der Waals surface area contributed by atoms with Gasteiger partial charge in [0.1, 0.15) is 17.9 Å². The zero-order valence-electron chi connectivity index (χ0n) is 19.1. The summed E-state index contributed by atoms with van der Waals surface area (Å²) in [6.07, 6.45) is 5.27. The van der Waals surface area contributed by atoms with Gasteiger partial charge in [0.05, 0.1) is 5.60 Å². The van der Waals surface area contributed by atoms with Crippen LogP contribution in [0.2, 0.25) is 0 Å². The third-order valence-corrected chi connectivity index (χ3v) is 7.11. The monoisotopic (exact) mass is 439 g/mol. The van der Waals surface area contributed by atoms with E-state index in [0.29, 0.717) is 49.4 Å². The number of rotatable bonds is 6. The first-order chi connectivity index (χ1) is 15.3. The number of likely N-dealkylation sites (tertiary alicyclic amines) is 1. The van der Waals surface area contributed by atoms with Crippen LogP contribution in [0.4, 0.5) is 0 Å². The topological polar surface area (TPSA) is 80.0 Å². The molecule has 1 aromatic heterocycles. The molecule has 1 saturated heterocycles. The van der Waals surface area contributed by atoms with Gasteiger partial charge in [-0.3, -0.25) is 4.79 Å². The highest BCUT2D eigenvalue weighted by Gasteiger charge is 2.43. The number of benzene rings is 1. The van der Waals surface area contributed by atoms with Crippen LogP contribution in [-0.2, 0) is 11.2 Å². The number of hydrogen-bond donors (Lipinski definition) is 1. The molecule has 1 amide bonds. The molecule has 172 valence electrons. The highest BCUT2D eigenvalue weighted by Crippen LogP contribution is 2.39. The van der Waals surface area contributed by atoms with Gasteiger partial charge < -0.3 is 19.2 Å². The van der Waals surface area contributed by atoms with Crippen LogP contribution in [0.3, 0.4) is 0 Å². The summed E-state index contributed by atoms with van der Waals surface area (Å²) in [5.74, 6) is 0.835. The number of aryl methyl sites for hydroxylation is 1. The molecule has 0 spiro atoms. The first-order valence-corrected chi connectivity index (χ1v) is 11.6. The summed E-state index contributed by atoms with van der Waals surface area (Å²) in [6.45, 7) is 9.22. The molecule has 0 unspecified atom stereocenters. The van der Waals surface area contributed by atoms with Crippen LogP contribution in [0, 0.1) is 12.8 Å². The summed E-state index contributed by atoms with van der Waals surface area (Å²) < 4.78 is 11.2. The number of hydrogen-bond acceptors (Lipinski definition) is 5. The van der Waals surface area contributed by atoms with Gasteiger partial charge in [-0.2, -0.15) is 0 Å². The Hall–Kier alpha value is -2.60. The van der Waals surface area contributed by atoms with Gasteiger partial charge in [0.25, 0.3) is 0 Å². The van der Waals surface area contributed by atoms with Crippen LogP contribution in [-0.4, -0.2) is 41.2 Å². The minimum Gasteiger partial charge on any atom is -0.489 e. The van der Waals surface area contributed by atoms with Crippen LogP contribution in [0.15, 0.2) is 39.6 Å². The molecule has 6 heteroatoms. The lowest BCUT2D eigenvalue weighted by molar-refractivity contribution is -0.143. The number of fused-ring (bicyclic) bond motifs is 2. The average Bonchev–Trinajstić information content (AvgIpc) is 2.76. The van der Waals surface area contributed by atoms with Gasteiger partial charge in [-0.25, -0.2) is 4.79 Å². The molecule has 1 aliphatic heterocycles. The molecule has 2 heterocycles. The molecule has 2 aromatic rings. The second-order valence-electron chi connectivity index (χ2n) is 9.53. The standard InChI is InChI=1S/C26H33NO5/c1-17(2)16-31-20-7-8-21-18(3)22(25(29)32-23(21)14-20)9-10-24(28)27-13-12-26(30)11-5-4-6-19(26)15-27/h7-8,14,19,30H,1,4-6,9-13,15-16H2,2-3H3/t19-,26+/m0/s1. The second kappa shape index (κ2) is 9.10. The van der Waals surface area contributed by atoms with E-state index in [1.54, 1.807) is 6.07 Å². The third-order valence-electron chi connectivity index (χ3n) is 7.11. The lowest BCUT2D eigenvalue weighted by Gasteiger charge is -2.47. The summed E-state index contributed by atoms with van der Waals surface area (Å²) in [4.78, 5) is 27.4. The number of aliphatic hydroxyl groups is 1. The van der Waals surface area contributed by atoms with E-state index in [0.717, 1.165) is 42.2 Å². The molecule has 6 nitrogen and oxygen atoms in total. The number of piperidine rings is 1. The fraction of sp³-hybridized carbons (Fsp3) is 0.538. The SMILES string of the molecule is C=C(C)COc1ccc2c(C)c(CCC(=O)N3CC[C@]4(O)CCCC[C@H]4C3)c(=O)oc2c1. The lowest BCUT2D eigenvalue weighted by Crippen LogP contribution is -2.54. The van der Waals surface area contributed by atoms with Crippen molar-refractivity contribution in [2.75, 3.05) is 19.7 Å². The largest absolute Gasteiger partial charge is 0.489 e. The van der Waals surface area contributed by atoms with Crippen molar-refractivity contribution < 1.29 is 19.1 Å². The highest BCUT2D eigenvalue weighted by atomic mass is 16.5. The normalized spacial score (nSPS) is 23.1. The zero-order valence-corrected chi connectivity index (χ0v) is 19.1. The van der Waals surface area contributed by atoms with Gasteiger partial charge in [-0.15, -0.1) is 0 Å². The maximum absolute atomic E-state index is 12.9. The molecule has 2 fully saturated rings. The minimum atomic E-state index is -0.599. The van der Waals surface area contributed by atoms with E-state index < -0.39 is 11.2 Å². The van der Waals surface area contributed by atoms with Gasteiger partial charge >= 0.3 is 5.63 Å². The Morgan fingerprint density at radius 3 is 2.94 bits per heavy atom. The van der Waals surface area contributed by atoms with Crippen molar-refractivity contribution in [2.24, 2.45) is 5.92 Å². The van der Waals surface area contributed by atoms with E-state index in [1.807, 2.05) is 30.9 Å². The molecule has 4 rings (SSSR count). The Balaban J connectivity index is 1.44. The molecule has 1 saturated carbocycles. The Morgan fingerprint density at radius 1 is 1.34 bits per heavy atom. The molecular weight excluding hydrogens is 406 g/mol. The molecule has 32 heavy (non-hydrogen) atoms. The van der Waals surface area contributed by atoms with Crippen molar-refractivity contribution in [1.29, 1.82) is 0 Å². The maximum atomic E-state index is 12.9. The lowest BCUT2D eigenvalue weighted by atomic mass is 9.71. The summed E-state index contributed by atoms with van der Waals surface area (Å²) >= 11 is 0. The van der Waals surface area contributed by atoms with Crippen LogP contribution in [0.5, 0.6) is 5.75 Å². The predicted molar refractivity (Wildman–Crippen MR) is 124 cm³/mol. The van der Waals surface area contributed by atoms with Crippen LogP contribution in [0.25, 0.3) is 11.0 Å². The first kappa shape index (κ1) is 22.6. The number of carbonyl (C=O) groups excluding carboxylic acids is 1. The summed E-state index contributed by atoms with van der Waals surface area (Å²) in [5, 5.41) is 11.7. The van der Waals surface area contributed by atoms with Crippen molar-refractivity contribution in [3.8, 4) is 5.75 Å². The second-order valence-corrected chi connectivity index (χ2v) is 9.53. The zero-order chi connectivity index (χ0) is 22.9. The molecule has 2 aliphatic rings. The molecule has 1 aromatic carbocycles. The maximum Gasteiger partial charge on any atom is 0.339 e. The van der Waals surface area contributed by atoms with E-state index >= 15 is 0 Å². The molecule has 0 radical (unpaired) electrons.